The molecule has 0 spiro atoms. The van der Waals surface area contributed by atoms with Crippen LogP contribution in [0.3, 0.4) is 0 Å². The predicted molar refractivity (Wildman–Crippen MR) is 88.9 cm³/mol. The fourth-order valence-corrected chi connectivity index (χ4v) is 3.16. The molecule has 1 aromatic heterocycles. The number of nitrogens with zero attached hydrogens (tertiary/aromatic N) is 1. The molecule has 2 atom stereocenters. The molecule has 0 aliphatic carbocycles. The van der Waals surface area contributed by atoms with Crippen LogP contribution in [0.1, 0.15) is 24.0 Å². The molecule has 2 aliphatic rings. The maximum absolute atomic E-state index is 12.1. The first-order chi connectivity index (χ1) is 11.7. The van der Waals surface area contributed by atoms with E-state index >= 15 is 0 Å². The predicted octanol–water partition coefficient (Wildman–Crippen LogP) is 1.30. The molecular weight excluding hydrogens is 310 g/mol. The molecule has 2 N–H and O–H groups in total. The van der Waals surface area contributed by atoms with Gasteiger partial charge in [0.1, 0.15) is 11.5 Å². The summed E-state index contributed by atoms with van der Waals surface area (Å²) in [6.45, 7) is 7.75. The number of hydrogen-bond donors (Lipinski definition) is 2. The van der Waals surface area contributed by atoms with Crippen LogP contribution < -0.4 is 10.6 Å². The highest BCUT2D eigenvalue weighted by Crippen LogP contribution is 2.23. The fourth-order valence-electron chi connectivity index (χ4n) is 3.16. The zero-order valence-electron chi connectivity index (χ0n) is 14.3. The van der Waals surface area contributed by atoms with Gasteiger partial charge in [-0.1, -0.05) is 0 Å². The summed E-state index contributed by atoms with van der Waals surface area (Å²) in [7, 11) is 0. The number of ether oxygens (including phenoxy) is 2. The number of urea groups is 1. The summed E-state index contributed by atoms with van der Waals surface area (Å²) in [6.07, 6.45) is 1.02. The number of nitrogens with one attached hydrogen (secondary N) is 2. The number of hydrogen-bond acceptors (Lipinski definition) is 5. The van der Waals surface area contributed by atoms with E-state index in [9.17, 15) is 4.79 Å². The normalized spacial score (nSPS) is 23.1. The van der Waals surface area contributed by atoms with Crippen molar-refractivity contribution in [2.75, 3.05) is 52.6 Å². The summed E-state index contributed by atoms with van der Waals surface area (Å²) in [5.41, 5.74) is 0. The topological polar surface area (TPSA) is 76.0 Å². The Hall–Kier alpha value is -1.57. The van der Waals surface area contributed by atoms with Gasteiger partial charge in [-0.05, 0) is 25.5 Å². The van der Waals surface area contributed by atoms with Crippen LogP contribution in [0, 0.1) is 12.8 Å². The fraction of sp³-hybridized carbons (Fsp3) is 0.706. The van der Waals surface area contributed by atoms with Crippen LogP contribution in [0.25, 0.3) is 0 Å². The number of carbonyl (C=O) groups excluding carboxylic acids is 1. The first-order valence-corrected chi connectivity index (χ1v) is 8.70. The monoisotopic (exact) mass is 337 g/mol. The largest absolute Gasteiger partial charge is 0.465 e. The summed E-state index contributed by atoms with van der Waals surface area (Å²) in [6, 6.07) is 3.85. The second-order valence-corrected chi connectivity index (χ2v) is 6.43. The number of amides is 2. The van der Waals surface area contributed by atoms with Gasteiger partial charge >= 0.3 is 6.03 Å². The van der Waals surface area contributed by atoms with Crippen LogP contribution >= 0.6 is 0 Å². The Morgan fingerprint density at radius 3 is 2.75 bits per heavy atom. The molecule has 2 saturated heterocycles. The zero-order chi connectivity index (χ0) is 16.8. The molecule has 0 unspecified atom stereocenters. The molecule has 7 heteroatoms. The van der Waals surface area contributed by atoms with Gasteiger partial charge in [-0.25, -0.2) is 4.79 Å². The molecule has 134 valence electrons. The van der Waals surface area contributed by atoms with Crippen molar-refractivity contribution >= 4 is 6.03 Å². The van der Waals surface area contributed by atoms with Crippen molar-refractivity contribution in [1.82, 2.24) is 15.5 Å². The third kappa shape index (κ3) is 4.72. The summed E-state index contributed by atoms with van der Waals surface area (Å²) < 4.78 is 16.6. The average Bonchev–Trinajstić information content (AvgIpc) is 3.26. The Bertz CT molecular complexity index is 522. The zero-order valence-corrected chi connectivity index (χ0v) is 14.3. The Morgan fingerprint density at radius 1 is 1.25 bits per heavy atom. The summed E-state index contributed by atoms with van der Waals surface area (Å²) >= 11 is 0. The van der Waals surface area contributed by atoms with Gasteiger partial charge in [-0.3, -0.25) is 4.90 Å². The third-order valence-electron chi connectivity index (χ3n) is 4.61. The van der Waals surface area contributed by atoms with Crippen molar-refractivity contribution < 1.29 is 18.7 Å². The molecular formula is C17H27N3O4. The average molecular weight is 337 g/mol. The minimum Gasteiger partial charge on any atom is -0.465 e. The Morgan fingerprint density at radius 2 is 2.08 bits per heavy atom. The minimum absolute atomic E-state index is 0.0307. The third-order valence-corrected chi connectivity index (χ3v) is 4.61. The lowest BCUT2D eigenvalue weighted by atomic mass is 10.1. The van der Waals surface area contributed by atoms with Crippen molar-refractivity contribution in [1.29, 1.82) is 0 Å². The molecule has 24 heavy (non-hydrogen) atoms. The van der Waals surface area contributed by atoms with Gasteiger partial charge in [-0.15, -0.1) is 0 Å². The molecule has 0 saturated carbocycles. The van der Waals surface area contributed by atoms with Crippen molar-refractivity contribution in [3.63, 3.8) is 0 Å². The van der Waals surface area contributed by atoms with Gasteiger partial charge in [0.2, 0.25) is 0 Å². The Labute approximate surface area is 142 Å². The van der Waals surface area contributed by atoms with Gasteiger partial charge in [0.25, 0.3) is 0 Å². The summed E-state index contributed by atoms with van der Waals surface area (Å²) in [5.74, 6) is 2.20. The van der Waals surface area contributed by atoms with E-state index < -0.39 is 0 Å². The van der Waals surface area contributed by atoms with Crippen molar-refractivity contribution in [2.45, 2.75) is 19.4 Å². The maximum Gasteiger partial charge on any atom is 0.314 e. The molecule has 3 heterocycles. The first-order valence-electron chi connectivity index (χ1n) is 8.70. The molecule has 2 amide bonds. The smallest absolute Gasteiger partial charge is 0.314 e. The lowest BCUT2D eigenvalue weighted by Gasteiger charge is -2.33. The minimum atomic E-state index is -0.136. The van der Waals surface area contributed by atoms with E-state index in [1.807, 2.05) is 19.1 Å². The quantitative estimate of drug-likeness (QED) is 0.818. The van der Waals surface area contributed by atoms with Gasteiger partial charge in [-0.2, -0.15) is 0 Å². The lowest BCUT2D eigenvalue weighted by molar-refractivity contribution is 0.0121. The Balaban J connectivity index is 1.52. The van der Waals surface area contributed by atoms with Crippen LogP contribution in [-0.4, -0.2) is 63.5 Å². The molecule has 2 aliphatic heterocycles. The molecule has 0 aromatic carbocycles. The standard InChI is InChI=1S/C17H27N3O4/c1-13-2-3-16(24-13)15(20-5-8-22-9-6-20)11-19-17(21)18-10-14-4-7-23-12-14/h2-3,14-15H,4-12H2,1H3,(H2,18,19,21)/t14-,15-/m0/s1. The first kappa shape index (κ1) is 17.3. The summed E-state index contributed by atoms with van der Waals surface area (Å²) in [5, 5.41) is 5.91. The van der Waals surface area contributed by atoms with E-state index in [1.54, 1.807) is 0 Å². The molecule has 1 aromatic rings. The highest BCUT2D eigenvalue weighted by Gasteiger charge is 2.26. The van der Waals surface area contributed by atoms with E-state index in [1.165, 1.54) is 0 Å². The SMILES string of the molecule is Cc1ccc([C@H](CNC(=O)NC[C@@H]2CCOC2)N2CCOCC2)o1. The number of rotatable bonds is 6. The van der Waals surface area contributed by atoms with Gasteiger partial charge < -0.3 is 24.5 Å². The lowest BCUT2D eigenvalue weighted by Crippen LogP contribution is -2.46. The Kier molecular flexibility index (Phi) is 6.12. The van der Waals surface area contributed by atoms with E-state index in [0.717, 1.165) is 44.2 Å². The van der Waals surface area contributed by atoms with Gasteiger partial charge in [0.15, 0.2) is 0 Å². The van der Waals surface area contributed by atoms with Crippen molar-refractivity contribution in [3.05, 3.63) is 23.7 Å². The van der Waals surface area contributed by atoms with Crippen LogP contribution in [0.4, 0.5) is 4.79 Å². The van der Waals surface area contributed by atoms with Gasteiger partial charge in [0.05, 0.1) is 25.9 Å². The van der Waals surface area contributed by atoms with E-state index in [2.05, 4.69) is 15.5 Å². The highest BCUT2D eigenvalue weighted by molar-refractivity contribution is 5.73. The van der Waals surface area contributed by atoms with Gasteiger partial charge in [0, 0.05) is 38.7 Å². The van der Waals surface area contributed by atoms with Crippen molar-refractivity contribution in [3.8, 4) is 0 Å². The maximum atomic E-state index is 12.1. The van der Waals surface area contributed by atoms with Crippen LogP contribution in [0.15, 0.2) is 16.5 Å². The number of aryl methyl sites for hydroxylation is 1. The molecule has 0 radical (unpaired) electrons. The van der Waals surface area contributed by atoms with Crippen LogP contribution in [0.2, 0.25) is 0 Å². The van der Waals surface area contributed by atoms with Crippen LogP contribution in [0.5, 0.6) is 0 Å². The van der Waals surface area contributed by atoms with E-state index in [0.29, 0.717) is 32.2 Å². The molecule has 0 bridgehead atoms. The second kappa shape index (κ2) is 8.50. The summed E-state index contributed by atoms with van der Waals surface area (Å²) in [4.78, 5) is 14.4. The number of morpholine rings is 1. The van der Waals surface area contributed by atoms with E-state index in [-0.39, 0.29) is 12.1 Å². The van der Waals surface area contributed by atoms with E-state index in [4.69, 9.17) is 13.9 Å². The molecule has 3 rings (SSSR count). The van der Waals surface area contributed by atoms with Crippen molar-refractivity contribution in [2.24, 2.45) is 5.92 Å². The number of carbonyl (C=O) groups is 1. The second-order valence-electron chi connectivity index (χ2n) is 6.43. The molecule has 7 nitrogen and oxygen atoms in total. The molecule has 2 fully saturated rings. The highest BCUT2D eigenvalue weighted by atomic mass is 16.5. The van der Waals surface area contributed by atoms with Crippen LogP contribution in [-0.2, 0) is 9.47 Å². The number of furan rings is 1.